The summed E-state index contributed by atoms with van der Waals surface area (Å²) < 4.78 is 13.8. The molecule has 0 saturated carbocycles. The monoisotopic (exact) mass is 300 g/mol. The Morgan fingerprint density at radius 1 is 1.41 bits per heavy atom. The Kier molecular flexibility index (Phi) is 4.40. The van der Waals surface area contributed by atoms with E-state index in [-0.39, 0.29) is 5.82 Å². The second-order valence-electron chi connectivity index (χ2n) is 4.76. The predicted molar refractivity (Wildman–Crippen MR) is 72.8 cm³/mol. The van der Waals surface area contributed by atoms with E-state index in [1.54, 1.807) is 12.1 Å². The maximum absolute atomic E-state index is 13.3. The van der Waals surface area contributed by atoms with Crippen LogP contribution in [0.1, 0.15) is 12.8 Å². The van der Waals surface area contributed by atoms with Gasteiger partial charge in [-0.3, -0.25) is 0 Å². The molecule has 1 fully saturated rings. The molecule has 2 rings (SSSR count). The van der Waals surface area contributed by atoms with Gasteiger partial charge in [-0.25, -0.2) is 4.39 Å². The Labute approximate surface area is 110 Å². The van der Waals surface area contributed by atoms with E-state index in [2.05, 4.69) is 33.2 Å². The number of anilines is 1. The average Bonchev–Trinajstić information content (AvgIpc) is 2.33. The van der Waals surface area contributed by atoms with Gasteiger partial charge in [0.15, 0.2) is 0 Å². The molecular formula is C13H18BrFN2. The van der Waals surface area contributed by atoms with Crippen LogP contribution in [-0.4, -0.2) is 31.6 Å². The zero-order valence-electron chi connectivity index (χ0n) is 10.0. The van der Waals surface area contributed by atoms with E-state index >= 15 is 0 Å². The molecule has 94 valence electrons. The van der Waals surface area contributed by atoms with Crippen molar-refractivity contribution in [3.8, 4) is 0 Å². The SMILES string of the molecule is CN1CCC(CNc2ccc(Br)c(F)c2)CC1. The Morgan fingerprint density at radius 2 is 2.12 bits per heavy atom. The molecule has 2 nitrogen and oxygen atoms in total. The van der Waals surface area contributed by atoms with E-state index in [4.69, 9.17) is 0 Å². The molecule has 4 heteroatoms. The van der Waals surface area contributed by atoms with E-state index in [1.807, 2.05) is 6.07 Å². The van der Waals surface area contributed by atoms with Crippen molar-refractivity contribution >= 4 is 21.6 Å². The molecule has 0 aromatic heterocycles. The number of piperidine rings is 1. The van der Waals surface area contributed by atoms with Crippen molar-refractivity contribution in [1.82, 2.24) is 4.90 Å². The number of benzene rings is 1. The lowest BCUT2D eigenvalue weighted by Crippen LogP contribution is -2.32. The first-order valence-electron chi connectivity index (χ1n) is 6.02. The lowest BCUT2D eigenvalue weighted by Gasteiger charge is -2.29. The Bertz CT molecular complexity index is 376. The van der Waals surface area contributed by atoms with Crippen LogP contribution in [0.15, 0.2) is 22.7 Å². The number of hydrogen-bond donors (Lipinski definition) is 1. The number of hydrogen-bond acceptors (Lipinski definition) is 2. The van der Waals surface area contributed by atoms with Crippen LogP contribution < -0.4 is 5.32 Å². The van der Waals surface area contributed by atoms with Gasteiger partial charge in [0.05, 0.1) is 4.47 Å². The summed E-state index contributed by atoms with van der Waals surface area (Å²) in [5, 5.41) is 3.32. The third kappa shape index (κ3) is 3.68. The highest BCUT2D eigenvalue weighted by Crippen LogP contribution is 2.21. The molecule has 1 aliphatic heterocycles. The van der Waals surface area contributed by atoms with Gasteiger partial charge in [-0.15, -0.1) is 0 Å². The fourth-order valence-electron chi connectivity index (χ4n) is 2.13. The van der Waals surface area contributed by atoms with Crippen LogP contribution in [0, 0.1) is 11.7 Å². The highest BCUT2D eigenvalue weighted by atomic mass is 79.9. The molecule has 1 heterocycles. The topological polar surface area (TPSA) is 15.3 Å². The normalized spacial score (nSPS) is 18.3. The van der Waals surface area contributed by atoms with Crippen LogP contribution in [0.2, 0.25) is 0 Å². The molecule has 1 aliphatic rings. The average molecular weight is 301 g/mol. The van der Waals surface area contributed by atoms with Gasteiger partial charge in [0.25, 0.3) is 0 Å². The number of nitrogens with zero attached hydrogens (tertiary/aromatic N) is 1. The largest absolute Gasteiger partial charge is 0.385 e. The lowest BCUT2D eigenvalue weighted by molar-refractivity contribution is 0.226. The van der Waals surface area contributed by atoms with Crippen molar-refractivity contribution in [2.45, 2.75) is 12.8 Å². The molecule has 1 aromatic rings. The molecule has 0 unspecified atom stereocenters. The molecule has 17 heavy (non-hydrogen) atoms. The number of halogens is 2. The van der Waals surface area contributed by atoms with E-state index < -0.39 is 0 Å². The van der Waals surface area contributed by atoms with Gasteiger partial charge >= 0.3 is 0 Å². The second-order valence-corrected chi connectivity index (χ2v) is 5.61. The van der Waals surface area contributed by atoms with Crippen LogP contribution >= 0.6 is 15.9 Å². The van der Waals surface area contributed by atoms with Crippen molar-refractivity contribution in [2.24, 2.45) is 5.92 Å². The summed E-state index contributed by atoms with van der Waals surface area (Å²) in [6.45, 7) is 3.27. The highest BCUT2D eigenvalue weighted by molar-refractivity contribution is 9.10. The summed E-state index contributed by atoms with van der Waals surface area (Å²) in [7, 11) is 2.16. The van der Waals surface area contributed by atoms with Crippen LogP contribution in [0.3, 0.4) is 0 Å². The summed E-state index contributed by atoms with van der Waals surface area (Å²) in [5.74, 6) is 0.497. The standard InChI is InChI=1S/C13H18BrFN2/c1-17-6-4-10(5-7-17)9-16-11-2-3-12(14)13(15)8-11/h2-3,8,10,16H,4-7,9H2,1H3. The second kappa shape index (κ2) is 5.83. The minimum Gasteiger partial charge on any atom is -0.385 e. The summed E-state index contributed by atoms with van der Waals surface area (Å²) in [5.41, 5.74) is 0.865. The van der Waals surface area contributed by atoms with Gasteiger partial charge in [0.1, 0.15) is 5.82 Å². The molecule has 1 N–H and O–H groups in total. The molecular weight excluding hydrogens is 283 g/mol. The maximum atomic E-state index is 13.3. The zero-order valence-corrected chi connectivity index (χ0v) is 11.6. The highest BCUT2D eigenvalue weighted by Gasteiger charge is 2.16. The van der Waals surface area contributed by atoms with Crippen LogP contribution in [0.4, 0.5) is 10.1 Å². The lowest BCUT2D eigenvalue weighted by atomic mass is 9.97. The third-order valence-corrected chi connectivity index (χ3v) is 4.00. The van der Waals surface area contributed by atoms with Gasteiger partial charge in [-0.05, 0) is 73.0 Å². The van der Waals surface area contributed by atoms with Crippen molar-refractivity contribution in [1.29, 1.82) is 0 Å². The van der Waals surface area contributed by atoms with E-state index in [9.17, 15) is 4.39 Å². The van der Waals surface area contributed by atoms with Crippen molar-refractivity contribution in [3.63, 3.8) is 0 Å². The van der Waals surface area contributed by atoms with Crippen LogP contribution in [0.5, 0.6) is 0 Å². The van der Waals surface area contributed by atoms with Gasteiger partial charge in [-0.1, -0.05) is 0 Å². The van der Waals surface area contributed by atoms with Crippen LogP contribution in [0.25, 0.3) is 0 Å². The van der Waals surface area contributed by atoms with E-state index in [0.717, 1.165) is 12.2 Å². The minimum absolute atomic E-state index is 0.210. The molecule has 0 radical (unpaired) electrons. The van der Waals surface area contributed by atoms with Gasteiger partial charge in [0.2, 0.25) is 0 Å². The molecule has 0 aliphatic carbocycles. The van der Waals surface area contributed by atoms with Crippen molar-refractivity contribution in [2.75, 3.05) is 32.0 Å². The van der Waals surface area contributed by atoms with Crippen LogP contribution in [-0.2, 0) is 0 Å². The van der Waals surface area contributed by atoms with Crippen molar-refractivity contribution in [3.05, 3.63) is 28.5 Å². The third-order valence-electron chi connectivity index (χ3n) is 3.35. The maximum Gasteiger partial charge on any atom is 0.139 e. The molecule has 1 saturated heterocycles. The zero-order chi connectivity index (χ0) is 12.3. The fourth-order valence-corrected chi connectivity index (χ4v) is 2.38. The first-order chi connectivity index (χ1) is 8.15. The predicted octanol–water partition coefficient (Wildman–Crippen LogP) is 3.34. The van der Waals surface area contributed by atoms with Crippen molar-refractivity contribution < 1.29 is 4.39 Å². The molecule has 1 aromatic carbocycles. The molecule has 0 atom stereocenters. The number of rotatable bonds is 3. The van der Waals surface area contributed by atoms with Gasteiger partial charge in [-0.2, -0.15) is 0 Å². The van der Waals surface area contributed by atoms with E-state index in [1.165, 1.54) is 25.9 Å². The van der Waals surface area contributed by atoms with Gasteiger partial charge in [0, 0.05) is 12.2 Å². The minimum atomic E-state index is -0.210. The molecule has 0 amide bonds. The summed E-state index contributed by atoms with van der Waals surface area (Å²) in [6.07, 6.45) is 2.45. The van der Waals surface area contributed by atoms with E-state index in [0.29, 0.717) is 10.4 Å². The Morgan fingerprint density at radius 3 is 2.76 bits per heavy atom. The summed E-state index contributed by atoms with van der Waals surface area (Å²) >= 11 is 3.16. The fraction of sp³-hybridized carbons (Fsp3) is 0.538. The first-order valence-corrected chi connectivity index (χ1v) is 6.82. The Balaban J connectivity index is 1.83. The van der Waals surface area contributed by atoms with Gasteiger partial charge < -0.3 is 10.2 Å². The molecule has 0 spiro atoms. The first kappa shape index (κ1) is 12.8. The smallest absolute Gasteiger partial charge is 0.139 e. The summed E-state index contributed by atoms with van der Waals surface area (Å²) in [4.78, 5) is 2.36. The molecule has 0 bridgehead atoms. The Hall–Kier alpha value is -0.610. The number of nitrogens with one attached hydrogen (secondary N) is 1. The number of likely N-dealkylation sites (tertiary alicyclic amines) is 1. The quantitative estimate of drug-likeness (QED) is 0.921. The summed E-state index contributed by atoms with van der Waals surface area (Å²) in [6, 6.07) is 5.19.